The largest absolute Gasteiger partial charge is 0.469 e. The highest BCUT2D eigenvalue weighted by atomic mass is 16.5. The Morgan fingerprint density at radius 3 is 2.42 bits per heavy atom. The Hall–Kier alpha value is -1.88. The van der Waals surface area contributed by atoms with Crippen molar-refractivity contribution in [1.29, 1.82) is 0 Å². The second-order valence-corrected chi connectivity index (χ2v) is 6.54. The maximum Gasteiger partial charge on any atom is 0.305 e. The summed E-state index contributed by atoms with van der Waals surface area (Å²) in [5.41, 5.74) is 7.38. The van der Waals surface area contributed by atoms with Gasteiger partial charge in [-0.05, 0) is 68.7 Å². The maximum absolute atomic E-state index is 12.3. The Labute approximate surface area is 143 Å². The molecule has 1 saturated carbocycles. The minimum Gasteiger partial charge on any atom is -0.469 e. The summed E-state index contributed by atoms with van der Waals surface area (Å²) in [4.78, 5) is 23.5. The van der Waals surface area contributed by atoms with Crippen molar-refractivity contribution in [2.24, 2.45) is 11.7 Å². The molecule has 1 aliphatic rings. The first kappa shape index (κ1) is 18.5. The van der Waals surface area contributed by atoms with Gasteiger partial charge in [-0.15, -0.1) is 0 Å². The van der Waals surface area contributed by atoms with Crippen molar-refractivity contribution in [2.75, 3.05) is 13.7 Å². The molecule has 1 amide bonds. The van der Waals surface area contributed by atoms with Crippen molar-refractivity contribution >= 4 is 11.9 Å². The molecule has 0 radical (unpaired) electrons. The Bertz CT molecular complexity index is 534. The summed E-state index contributed by atoms with van der Waals surface area (Å²) in [5.74, 6) is 0.420. The number of carbonyl (C=O) groups excluding carboxylic acids is 2. The SMILES string of the molecule is COC(=O)CCC1CCC(NC(=O)c2ccc(CCN)cc2)CC1. The molecule has 0 aromatic heterocycles. The molecule has 0 unspecified atom stereocenters. The number of nitrogens with two attached hydrogens (primary N) is 1. The van der Waals surface area contributed by atoms with Crippen LogP contribution in [0.3, 0.4) is 0 Å². The summed E-state index contributed by atoms with van der Waals surface area (Å²) in [5, 5.41) is 3.13. The van der Waals surface area contributed by atoms with E-state index in [0.29, 0.717) is 24.4 Å². The fraction of sp³-hybridized carbons (Fsp3) is 0.579. The molecule has 5 nitrogen and oxygen atoms in total. The zero-order valence-electron chi connectivity index (χ0n) is 14.4. The van der Waals surface area contributed by atoms with Gasteiger partial charge >= 0.3 is 5.97 Å². The van der Waals surface area contributed by atoms with E-state index in [4.69, 9.17) is 5.73 Å². The van der Waals surface area contributed by atoms with Crippen LogP contribution in [0.1, 0.15) is 54.4 Å². The zero-order chi connectivity index (χ0) is 17.4. The molecular weight excluding hydrogens is 304 g/mol. The maximum atomic E-state index is 12.3. The molecule has 1 aliphatic carbocycles. The number of esters is 1. The lowest BCUT2D eigenvalue weighted by atomic mass is 9.83. The van der Waals surface area contributed by atoms with E-state index in [2.05, 4.69) is 10.1 Å². The van der Waals surface area contributed by atoms with E-state index in [0.717, 1.165) is 44.1 Å². The average molecular weight is 332 g/mol. The fourth-order valence-corrected chi connectivity index (χ4v) is 3.28. The molecule has 0 saturated heterocycles. The minimum absolute atomic E-state index is 0.00712. The van der Waals surface area contributed by atoms with Gasteiger partial charge in [0.2, 0.25) is 0 Å². The molecule has 1 aromatic rings. The Balaban J connectivity index is 1.74. The van der Waals surface area contributed by atoms with Crippen LogP contribution in [-0.2, 0) is 16.0 Å². The number of rotatable bonds is 7. The number of amides is 1. The van der Waals surface area contributed by atoms with Gasteiger partial charge in [-0.1, -0.05) is 12.1 Å². The predicted octanol–water partition coefficient (Wildman–Crippen LogP) is 2.43. The minimum atomic E-state index is -0.136. The van der Waals surface area contributed by atoms with Crippen molar-refractivity contribution in [2.45, 2.75) is 51.0 Å². The Morgan fingerprint density at radius 2 is 1.83 bits per heavy atom. The molecule has 0 spiro atoms. The van der Waals surface area contributed by atoms with Crippen LogP contribution in [0.2, 0.25) is 0 Å². The predicted molar refractivity (Wildman–Crippen MR) is 93.7 cm³/mol. The summed E-state index contributed by atoms with van der Waals surface area (Å²) in [6, 6.07) is 7.89. The smallest absolute Gasteiger partial charge is 0.305 e. The van der Waals surface area contributed by atoms with Crippen LogP contribution in [0.5, 0.6) is 0 Å². The van der Waals surface area contributed by atoms with E-state index in [1.54, 1.807) is 0 Å². The Morgan fingerprint density at radius 1 is 1.17 bits per heavy atom. The summed E-state index contributed by atoms with van der Waals surface area (Å²) < 4.78 is 4.68. The molecular formula is C19H28N2O3. The Kier molecular flexibility index (Phi) is 7.25. The van der Waals surface area contributed by atoms with E-state index in [9.17, 15) is 9.59 Å². The van der Waals surface area contributed by atoms with Crippen molar-refractivity contribution in [1.82, 2.24) is 5.32 Å². The number of methoxy groups -OCH3 is 1. The molecule has 3 N–H and O–H groups in total. The number of hydrogen-bond donors (Lipinski definition) is 2. The molecule has 5 heteroatoms. The van der Waals surface area contributed by atoms with Gasteiger partial charge in [0.05, 0.1) is 7.11 Å². The highest BCUT2D eigenvalue weighted by Crippen LogP contribution is 2.28. The summed E-state index contributed by atoms with van der Waals surface area (Å²) in [6.07, 6.45) is 6.27. The van der Waals surface area contributed by atoms with Crippen LogP contribution in [0.4, 0.5) is 0 Å². The van der Waals surface area contributed by atoms with Crippen LogP contribution in [0.25, 0.3) is 0 Å². The normalized spacial score (nSPS) is 20.4. The lowest BCUT2D eigenvalue weighted by Gasteiger charge is -2.29. The van der Waals surface area contributed by atoms with Crippen molar-refractivity contribution < 1.29 is 14.3 Å². The van der Waals surface area contributed by atoms with Gasteiger partial charge in [0.25, 0.3) is 5.91 Å². The first-order valence-electron chi connectivity index (χ1n) is 8.79. The second kappa shape index (κ2) is 9.42. The van der Waals surface area contributed by atoms with E-state index in [-0.39, 0.29) is 17.9 Å². The highest BCUT2D eigenvalue weighted by Gasteiger charge is 2.23. The lowest BCUT2D eigenvalue weighted by Crippen LogP contribution is -2.37. The van der Waals surface area contributed by atoms with Gasteiger partial charge in [0, 0.05) is 18.0 Å². The molecule has 0 aliphatic heterocycles. The van der Waals surface area contributed by atoms with Crippen LogP contribution in [0, 0.1) is 5.92 Å². The van der Waals surface area contributed by atoms with Gasteiger partial charge in [-0.3, -0.25) is 9.59 Å². The molecule has 0 atom stereocenters. The topological polar surface area (TPSA) is 81.4 Å². The average Bonchev–Trinajstić information content (AvgIpc) is 2.61. The van der Waals surface area contributed by atoms with E-state index in [1.807, 2.05) is 24.3 Å². The molecule has 1 fully saturated rings. The number of hydrogen-bond acceptors (Lipinski definition) is 4. The van der Waals surface area contributed by atoms with Crippen LogP contribution in [0.15, 0.2) is 24.3 Å². The molecule has 1 aromatic carbocycles. The quantitative estimate of drug-likeness (QED) is 0.751. The number of benzene rings is 1. The number of ether oxygens (including phenoxy) is 1. The van der Waals surface area contributed by atoms with Crippen LogP contribution in [-0.4, -0.2) is 31.6 Å². The first-order valence-corrected chi connectivity index (χ1v) is 8.79. The van der Waals surface area contributed by atoms with Crippen molar-refractivity contribution in [3.8, 4) is 0 Å². The fourth-order valence-electron chi connectivity index (χ4n) is 3.28. The second-order valence-electron chi connectivity index (χ2n) is 6.54. The molecule has 2 rings (SSSR count). The first-order chi connectivity index (χ1) is 11.6. The van der Waals surface area contributed by atoms with E-state index < -0.39 is 0 Å². The van der Waals surface area contributed by atoms with Gasteiger partial charge in [0.1, 0.15) is 0 Å². The van der Waals surface area contributed by atoms with Gasteiger partial charge in [0.15, 0.2) is 0 Å². The molecule has 0 bridgehead atoms. The van der Waals surface area contributed by atoms with Gasteiger partial charge < -0.3 is 15.8 Å². The number of nitrogens with one attached hydrogen (secondary N) is 1. The van der Waals surface area contributed by atoms with E-state index in [1.165, 1.54) is 7.11 Å². The third-order valence-corrected chi connectivity index (χ3v) is 4.82. The van der Waals surface area contributed by atoms with Gasteiger partial charge in [-0.2, -0.15) is 0 Å². The molecule has 132 valence electrons. The van der Waals surface area contributed by atoms with Crippen LogP contribution < -0.4 is 11.1 Å². The third-order valence-electron chi connectivity index (χ3n) is 4.82. The van der Waals surface area contributed by atoms with Crippen LogP contribution >= 0.6 is 0 Å². The summed E-state index contributed by atoms with van der Waals surface area (Å²) in [6.45, 7) is 0.616. The zero-order valence-corrected chi connectivity index (χ0v) is 14.4. The van der Waals surface area contributed by atoms with Crippen molar-refractivity contribution in [3.63, 3.8) is 0 Å². The summed E-state index contributed by atoms with van der Waals surface area (Å²) in [7, 11) is 1.43. The lowest BCUT2D eigenvalue weighted by molar-refractivity contribution is -0.141. The number of carbonyl (C=O) groups is 2. The molecule has 0 heterocycles. The standard InChI is InChI=1S/C19H28N2O3/c1-24-18(22)11-6-14-4-9-17(10-5-14)21-19(23)16-7-2-15(3-8-16)12-13-20/h2-3,7-8,14,17H,4-6,9-13,20H2,1H3,(H,21,23). The monoisotopic (exact) mass is 332 g/mol. The highest BCUT2D eigenvalue weighted by molar-refractivity contribution is 5.94. The van der Waals surface area contributed by atoms with E-state index >= 15 is 0 Å². The van der Waals surface area contributed by atoms with Gasteiger partial charge in [-0.25, -0.2) is 0 Å². The summed E-state index contributed by atoms with van der Waals surface area (Å²) >= 11 is 0. The molecule has 24 heavy (non-hydrogen) atoms. The third kappa shape index (κ3) is 5.64. The van der Waals surface area contributed by atoms with Crippen molar-refractivity contribution in [3.05, 3.63) is 35.4 Å².